The third kappa shape index (κ3) is 9.62. The van der Waals surface area contributed by atoms with Crippen molar-refractivity contribution in [2.75, 3.05) is 11.5 Å². The Morgan fingerprint density at radius 1 is 0.783 bits per heavy atom. The van der Waals surface area contributed by atoms with E-state index in [0.717, 1.165) is 30.8 Å². The molecular formula is C16H30S7. The molecule has 0 fully saturated rings. The molecule has 1 heterocycles. The summed E-state index contributed by atoms with van der Waals surface area (Å²) in [5, 5.41) is 1.51. The van der Waals surface area contributed by atoms with E-state index in [9.17, 15) is 0 Å². The van der Waals surface area contributed by atoms with Gasteiger partial charge in [-0.25, -0.2) is 0 Å². The molecule has 3 unspecified atom stereocenters. The van der Waals surface area contributed by atoms with Gasteiger partial charge in [0.1, 0.15) is 0 Å². The predicted molar refractivity (Wildman–Crippen MR) is 130 cm³/mol. The maximum atomic E-state index is 4.78. The van der Waals surface area contributed by atoms with Crippen LogP contribution in [0.2, 0.25) is 0 Å². The van der Waals surface area contributed by atoms with Gasteiger partial charge in [0, 0.05) is 37.1 Å². The molecule has 0 aromatic heterocycles. The first-order chi connectivity index (χ1) is 11.0. The Balaban J connectivity index is 2.14. The van der Waals surface area contributed by atoms with Crippen molar-refractivity contribution in [2.45, 2.75) is 72.2 Å². The van der Waals surface area contributed by atoms with Crippen LogP contribution in [-0.4, -0.2) is 31.8 Å². The zero-order valence-corrected chi connectivity index (χ0v) is 19.8. The molecule has 0 N–H and O–H groups in total. The van der Waals surface area contributed by atoms with Gasteiger partial charge < -0.3 is 0 Å². The molecule has 1 rings (SSSR count). The van der Waals surface area contributed by atoms with Crippen molar-refractivity contribution in [1.29, 1.82) is 0 Å². The van der Waals surface area contributed by atoms with Gasteiger partial charge in [-0.15, -0.1) is 23.5 Å². The monoisotopic (exact) mass is 446 g/mol. The summed E-state index contributed by atoms with van der Waals surface area (Å²) in [6.07, 6.45) is 8.20. The van der Waals surface area contributed by atoms with Crippen LogP contribution in [0.5, 0.6) is 0 Å². The van der Waals surface area contributed by atoms with E-state index in [4.69, 9.17) is 25.3 Å². The standard InChI is InChI=1S/C16H30S7/c1-2-11(19)3-4-12(20)5-6-13(21)7-8-16-22-14(9-17)15(10-18)23-16/h11-13,16-21H,2-10H2,1H3. The molecule has 0 amide bonds. The van der Waals surface area contributed by atoms with Gasteiger partial charge in [-0.3, -0.25) is 0 Å². The van der Waals surface area contributed by atoms with E-state index in [-0.39, 0.29) is 0 Å². The summed E-state index contributed by atoms with van der Waals surface area (Å²) in [5.74, 6) is 1.69. The molecule has 0 spiro atoms. The maximum Gasteiger partial charge on any atom is 0.0592 e. The molecule has 0 aliphatic carbocycles. The topological polar surface area (TPSA) is 0 Å². The summed E-state index contributed by atoms with van der Waals surface area (Å²) in [5.41, 5.74) is 0. The number of hydrogen-bond acceptors (Lipinski definition) is 7. The van der Waals surface area contributed by atoms with Crippen molar-refractivity contribution < 1.29 is 0 Å². The largest absolute Gasteiger partial charge is 0.176 e. The van der Waals surface area contributed by atoms with Gasteiger partial charge in [0.2, 0.25) is 0 Å². The van der Waals surface area contributed by atoms with E-state index in [1.54, 1.807) is 0 Å². The first-order valence-corrected chi connectivity index (χ1v) is 12.9. The normalized spacial score (nSPS) is 20.1. The van der Waals surface area contributed by atoms with E-state index < -0.39 is 0 Å². The van der Waals surface area contributed by atoms with Crippen molar-refractivity contribution in [3.8, 4) is 0 Å². The van der Waals surface area contributed by atoms with Crippen LogP contribution in [0.1, 0.15) is 51.9 Å². The van der Waals surface area contributed by atoms with E-state index in [1.807, 2.05) is 23.5 Å². The molecule has 136 valence electrons. The number of thioether (sulfide) groups is 2. The van der Waals surface area contributed by atoms with Gasteiger partial charge in [-0.1, -0.05) is 6.92 Å². The number of thiol groups is 5. The minimum Gasteiger partial charge on any atom is -0.176 e. The molecular weight excluding hydrogens is 417 g/mol. The zero-order valence-electron chi connectivity index (χ0n) is 13.7. The lowest BCUT2D eigenvalue weighted by Crippen LogP contribution is -2.09. The van der Waals surface area contributed by atoms with Crippen LogP contribution in [0, 0.1) is 0 Å². The second kappa shape index (κ2) is 13.4. The first-order valence-electron chi connectivity index (χ1n) is 8.31. The Morgan fingerprint density at radius 2 is 1.22 bits per heavy atom. The molecule has 0 aromatic carbocycles. The summed E-state index contributed by atoms with van der Waals surface area (Å²) in [7, 11) is 0. The molecule has 1 aliphatic rings. The highest BCUT2D eigenvalue weighted by molar-refractivity contribution is 8.24. The van der Waals surface area contributed by atoms with Gasteiger partial charge >= 0.3 is 0 Å². The Bertz CT molecular complexity index is 342. The zero-order chi connectivity index (χ0) is 17.2. The third-order valence-corrected chi connectivity index (χ3v) is 9.79. The van der Waals surface area contributed by atoms with Crippen LogP contribution in [0.3, 0.4) is 0 Å². The first kappa shape index (κ1) is 23.2. The summed E-state index contributed by atoms with van der Waals surface area (Å²) in [6, 6.07) is 0. The van der Waals surface area contributed by atoms with Crippen LogP contribution < -0.4 is 0 Å². The Kier molecular flexibility index (Phi) is 13.5. The Hall–Kier alpha value is 2.19. The summed E-state index contributed by atoms with van der Waals surface area (Å²) >= 11 is 26.9. The summed E-state index contributed by atoms with van der Waals surface area (Å²) in [4.78, 5) is 2.84. The molecule has 23 heavy (non-hydrogen) atoms. The van der Waals surface area contributed by atoms with Crippen molar-refractivity contribution in [3.63, 3.8) is 0 Å². The fourth-order valence-corrected chi connectivity index (χ4v) is 7.10. The quantitative estimate of drug-likeness (QED) is 0.217. The Labute approximate surface area is 179 Å². The lowest BCUT2D eigenvalue weighted by atomic mass is 10.1. The molecule has 0 aromatic rings. The van der Waals surface area contributed by atoms with Gasteiger partial charge in [-0.2, -0.15) is 63.1 Å². The lowest BCUT2D eigenvalue weighted by Gasteiger charge is -2.17. The van der Waals surface area contributed by atoms with Crippen LogP contribution in [-0.2, 0) is 0 Å². The second-order valence-electron chi connectivity index (χ2n) is 5.93. The molecule has 0 nitrogen and oxygen atoms in total. The van der Waals surface area contributed by atoms with E-state index >= 15 is 0 Å². The van der Waals surface area contributed by atoms with Crippen molar-refractivity contribution in [3.05, 3.63) is 9.81 Å². The van der Waals surface area contributed by atoms with Crippen molar-refractivity contribution in [1.82, 2.24) is 0 Å². The van der Waals surface area contributed by atoms with E-state index in [2.05, 4.69) is 44.8 Å². The SMILES string of the molecule is CCC(S)CCC(S)CCC(S)CCC1SC(CS)=C(CS)S1. The van der Waals surface area contributed by atoms with Crippen LogP contribution in [0.4, 0.5) is 0 Å². The van der Waals surface area contributed by atoms with Gasteiger partial charge in [-0.05, 0) is 44.9 Å². The molecule has 0 saturated heterocycles. The van der Waals surface area contributed by atoms with Gasteiger partial charge in [0.25, 0.3) is 0 Å². The van der Waals surface area contributed by atoms with Gasteiger partial charge in [0.15, 0.2) is 0 Å². The average molecular weight is 447 g/mol. The highest BCUT2D eigenvalue weighted by Gasteiger charge is 2.24. The van der Waals surface area contributed by atoms with E-state index in [0.29, 0.717) is 20.3 Å². The summed E-state index contributed by atoms with van der Waals surface area (Å²) < 4.78 is 0.634. The number of hydrogen-bond donors (Lipinski definition) is 5. The highest BCUT2D eigenvalue weighted by Crippen LogP contribution is 2.48. The maximum absolute atomic E-state index is 4.78. The molecule has 3 atom stereocenters. The van der Waals surface area contributed by atoms with E-state index in [1.165, 1.54) is 35.5 Å². The third-order valence-electron chi connectivity index (χ3n) is 4.02. The molecule has 7 heteroatoms. The second-order valence-corrected chi connectivity index (χ2v) is 11.6. The van der Waals surface area contributed by atoms with Crippen LogP contribution >= 0.6 is 86.7 Å². The Morgan fingerprint density at radius 3 is 1.65 bits per heavy atom. The minimum atomic E-state index is 0.489. The molecule has 0 radical (unpaired) electrons. The van der Waals surface area contributed by atoms with Gasteiger partial charge in [0.05, 0.1) is 4.58 Å². The van der Waals surface area contributed by atoms with Crippen molar-refractivity contribution >= 4 is 86.7 Å². The van der Waals surface area contributed by atoms with Crippen LogP contribution in [0.15, 0.2) is 9.81 Å². The van der Waals surface area contributed by atoms with Crippen molar-refractivity contribution in [2.24, 2.45) is 0 Å². The predicted octanol–water partition coefficient (Wildman–Crippen LogP) is 6.51. The smallest absolute Gasteiger partial charge is 0.0592 e. The lowest BCUT2D eigenvalue weighted by molar-refractivity contribution is 0.588. The fourth-order valence-electron chi connectivity index (χ4n) is 2.43. The molecule has 0 bridgehead atoms. The van der Waals surface area contributed by atoms with Crippen LogP contribution in [0.25, 0.3) is 0 Å². The fraction of sp³-hybridized carbons (Fsp3) is 0.875. The molecule has 1 aliphatic heterocycles. The average Bonchev–Trinajstić information content (AvgIpc) is 2.98. The highest BCUT2D eigenvalue weighted by atomic mass is 32.2. The molecule has 0 saturated carbocycles. The number of rotatable bonds is 12. The summed E-state index contributed by atoms with van der Waals surface area (Å²) in [6.45, 7) is 2.20. The minimum absolute atomic E-state index is 0.489.